The van der Waals surface area contributed by atoms with Crippen LogP contribution in [-0.4, -0.2) is 11.4 Å². The Balaban J connectivity index is 2.51. The maximum atomic E-state index is 13.3. The minimum Gasteiger partial charge on any atom is -0.317 e. The fourth-order valence-corrected chi connectivity index (χ4v) is 3.07. The summed E-state index contributed by atoms with van der Waals surface area (Å²) in [6.45, 7) is 8.58. The van der Waals surface area contributed by atoms with Gasteiger partial charge in [0.1, 0.15) is 0 Å². The van der Waals surface area contributed by atoms with E-state index >= 15 is 0 Å². The Morgan fingerprint density at radius 2 is 1.50 bits per heavy atom. The fraction of sp³-hybridized carbons (Fsp3) is 0.381. The first kappa shape index (κ1) is 18.2. The molecule has 0 radical (unpaired) electrons. The van der Waals surface area contributed by atoms with Crippen LogP contribution in [-0.2, 0) is 11.3 Å². The van der Waals surface area contributed by atoms with E-state index in [0.717, 1.165) is 22.4 Å². The average Bonchev–Trinajstić information content (AvgIpc) is 2.60. The highest BCUT2D eigenvalue weighted by Gasteiger charge is 2.35. The second-order valence-electron chi connectivity index (χ2n) is 6.48. The van der Waals surface area contributed by atoms with Crippen LogP contribution in [0.25, 0.3) is 0 Å². The molecule has 0 atom stereocenters. The summed E-state index contributed by atoms with van der Waals surface area (Å²) < 4.78 is 0. The molecule has 24 heavy (non-hydrogen) atoms. The van der Waals surface area contributed by atoms with Gasteiger partial charge in [0.2, 0.25) is 5.91 Å². The van der Waals surface area contributed by atoms with E-state index in [0.29, 0.717) is 19.4 Å². The van der Waals surface area contributed by atoms with Gasteiger partial charge in [-0.2, -0.15) is 0 Å². The number of hydrogen-bond donors (Lipinski definition) is 1. The summed E-state index contributed by atoms with van der Waals surface area (Å²) in [6.07, 6.45) is 1.25. The fourth-order valence-electron chi connectivity index (χ4n) is 3.07. The smallest absolute Gasteiger partial charge is 0.247 e. The highest BCUT2D eigenvalue weighted by atomic mass is 16.2. The lowest BCUT2D eigenvalue weighted by Gasteiger charge is -2.35. The molecule has 3 heteroatoms. The second kappa shape index (κ2) is 7.63. The molecule has 128 valence electrons. The van der Waals surface area contributed by atoms with E-state index in [1.807, 2.05) is 81.1 Å². The lowest BCUT2D eigenvalue weighted by Crippen LogP contribution is -2.55. The third kappa shape index (κ3) is 3.68. The van der Waals surface area contributed by atoms with Gasteiger partial charge in [-0.1, -0.05) is 62.4 Å². The molecule has 0 saturated heterocycles. The van der Waals surface area contributed by atoms with Crippen LogP contribution in [0.3, 0.4) is 0 Å². The molecule has 0 aromatic heterocycles. The Hall–Kier alpha value is -2.13. The third-order valence-electron chi connectivity index (χ3n) is 4.83. The molecule has 0 fully saturated rings. The van der Waals surface area contributed by atoms with Crippen molar-refractivity contribution in [3.05, 3.63) is 65.2 Å². The molecule has 1 amide bonds. The van der Waals surface area contributed by atoms with Gasteiger partial charge in [0, 0.05) is 5.69 Å². The van der Waals surface area contributed by atoms with Gasteiger partial charge >= 0.3 is 0 Å². The summed E-state index contributed by atoms with van der Waals surface area (Å²) in [7, 11) is 0. The molecule has 2 rings (SSSR count). The van der Waals surface area contributed by atoms with Crippen molar-refractivity contribution < 1.29 is 4.79 Å². The minimum absolute atomic E-state index is 0.00578. The summed E-state index contributed by atoms with van der Waals surface area (Å²) in [5, 5.41) is 0. The Kier molecular flexibility index (Phi) is 5.79. The Morgan fingerprint density at radius 1 is 0.958 bits per heavy atom. The Bertz CT molecular complexity index is 670. The van der Waals surface area contributed by atoms with Crippen molar-refractivity contribution >= 4 is 11.6 Å². The first-order valence-corrected chi connectivity index (χ1v) is 8.64. The standard InChI is InChI=1S/C21H28N2O/c1-5-21(22,6-2)20(24)23(15-18-13-8-7-9-14-18)19-16(3)11-10-12-17(19)4/h7-14H,5-6,15,22H2,1-4H3. The molecule has 0 aliphatic rings. The largest absolute Gasteiger partial charge is 0.317 e. The lowest BCUT2D eigenvalue weighted by molar-refractivity contribution is -0.124. The molecule has 2 N–H and O–H groups in total. The number of para-hydroxylation sites is 1. The van der Waals surface area contributed by atoms with Crippen LogP contribution in [0.5, 0.6) is 0 Å². The number of amides is 1. The van der Waals surface area contributed by atoms with Gasteiger partial charge in [0.05, 0.1) is 12.1 Å². The number of carbonyl (C=O) groups is 1. The van der Waals surface area contributed by atoms with Crippen molar-refractivity contribution in [3.63, 3.8) is 0 Å². The van der Waals surface area contributed by atoms with E-state index in [2.05, 4.69) is 0 Å². The van der Waals surface area contributed by atoms with Crippen LogP contribution in [0.4, 0.5) is 5.69 Å². The Labute approximate surface area is 145 Å². The number of benzene rings is 2. The molecule has 0 bridgehead atoms. The van der Waals surface area contributed by atoms with Crippen LogP contribution < -0.4 is 10.6 Å². The molecule has 0 aliphatic carbocycles. The number of nitrogens with zero attached hydrogens (tertiary/aromatic N) is 1. The second-order valence-corrected chi connectivity index (χ2v) is 6.48. The summed E-state index contributed by atoms with van der Waals surface area (Å²) in [5.41, 5.74) is 9.87. The molecule has 0 heterocycles. The van der Waals surface area contributed by atoms with E-state index in [-0.39, 0.29) is 5.91 Å². The number of aryl methyl sites for hydroxylation is 2. The summed E-state index contributed by atoms with van der Waals surface area (Å²) in [5.74, 6) is -0.00578. The molecule has 3 nitrogen and oxygen atoms in total. The quantitative estimate of drug-likeness (QED) is 0.858. The molecule has 0 spiro atoms. The van der Waals surface area contributed by atoms with Gasteiger partial charge in [-0.25, -0.2) is 0 Å². The molecule has 0 aliphatic heterocycles. The van der Waals surface area contributed by atoms with Gasteiger partial charge in [0.25, 0.3) is 0 Å². The first-order valence-electron chi connectivity index (χ1n) is 8.64. The maximum absolute atomic E-state index is 13.3. The number of hydrogen-bond acceptors (Lipinski definition) is 2. The molecular weight excluding hydrogens is 296 g/mol. The SMILES string of the molecule is CCC(N)(CC)C(=O)N(Cc1ccccc1)c1c(C)cccc1C. The number of anilines is 1. The maximum Gasteiger partial charge on any atom is 0.247 e. The third-order valence-corrected chi connectivity index (χ3v) is 4.83. The lowest BCUT2D eigenvalue weighted by atomic mass is 9.91. The van der Waals surface area contributed by atoms with Crippen molar-refractivity contribution in [2.45, 2.75) is 52.6 Å². The van der Waals surface area contributed by atoms with Crippen LogP contribution in [0, 0.1) is 13.8 Å². The summed E-state index contributed by atoms with van der Waals surface area (Å²) in [6, 6.07) is 16.2. The normalized spacial score (nSPS) is 11.4. The summed E-state index contributed by atoms with van der Waals surface area (Å²) >= 11 is 0. The van der Waals surface area contributed by atoms with E-state index < -0.39 is 5.54 Å². The van der Waals surface area contributed by atoms with Crippen molar-refractivity contribution in [1.29, 1.82) is 0 Å². The van der Waals surface area contributed by atoms with Crippen LogP contribution in [0.15, 0.2) is 48.5 Å². The first-order chi connectivity index (χ1) is 11.4. The molecule has 0 saturated carbocycles. The van der Waals surface area contributed by atoms with E-state index in [4.69, 9.17) is 5.73 Å². The average molecular weight is 324 g/mol. The zero-order chi connectivity index (χ0) is 17.7. The van der Waals surface area contributed by atoms with Crippen LogP contribution >= 0.6 is 0 Å². The van der Waals surface area contributed by atoms with Crippen molar-refractivity contribution in [3.8, 4) is 0 Å². The van der Waals surface area contributed by atoms with Crippen LogP contribution in [0.1, 0.15) is 43.4 Å². The highest BCUT2D eigenvalue weighted by Crippen LogP contribution is 2.29. The predicted octanol–water partition coefficient (Wildman–Crippen LogP) is 4.35. The molecule has 2 aromatic carbocycles. The van der Waals surface area contributed by atoms with Crippen molar-refractivity contribution in [1.82, 2.24) is 0 Å². The predicted molar refractivity (Wildman–Crippen MR) is 101 cm³/mol. The number of nitrogens with two attached hydrogens (primary N) is 1. The zero-order valence-electron chi connectivity index (χ0n) is 15.2. The van der Waals surface area contributed by atoms with E-state index in [9.17, 15) is 4.79 Å². The van der Waals surface area contributed by atoms with Gasteiger partial charge < -0.3 is 10.6 Å². The molecular formula is C21H28N2O. The van der Waals surface area contributed by atoms with Gasteiger partial charge in [-0.05, 0) is 43.4 Å². The van der Waals surface area contributed by atoms with Gasteiger partial charge in [-0.15, -0.1) is 0 Å². The highest BCUT2D eigenvalue weighted by molar-refractivity contribution is 6.01. The van der Waals surface area contributed by atoms with Crippen molar-refractivity contribution in [2.75, 3.05) is 4.90 Å². The van der Waals surface area contributed by atoms with Gasteiger partial charge in [-0.3, -0.25) is 4.79 Å². The monoisotopic (exact) mass is 324 g/mol. The Morgan fingerprint density at radius 3 is 2.00 bits per heavy atom. The van der Waals surface area contributed by atoms with Crippen LogP contribution in [0.2, 0.25) is 0 Å². The zero-order valence-corrected chi connectivity index (χ0v) is 15.2. The number of carbonyl (C=O) groups excluding carboxylic acids is 1. The van der Waals surface area contributed by atoms with Crippen molar-refractivity contribution in [2.24, 2.45) is 5.73 Å². The molecule has 0 unspecified atom stereocenters. The van der Waals surface area contributed by atoms with Gasteiger partial charge in [0.15, 0.2) is 0 Å². The number of rotatable bonds is 6. The minimum atomic E-state index is -0.830. The summed E-state index contributed by atoms with van der Waals surface area (Å²) in [4.78, 5) is 15.2. The molecule has 2 aromatic rings. The van der Waals surface area contributed by atoms with E-state index in [1.165, 1.54) is 0 Å². The topological polar surface area (TPSA) is 46.3 Å². The van der Waals surface area contributed by atoms with E-state index in [1.54, 1.807) is 0 Å².